The third-order valence-electron chi connectivity index (χ3n) is 1.98. The molecule has 4 nitrogen and oxygen atoms in total. The molecule has 88 valence electrons. The molecule has 0 bridgehead atoms. The number of aromatic nitrogens is 1. The van der Waals surface area contributed by atoms with E-state index in [1.54, 1.807) is 12.1 Å². The summed E-state index contributed by atoms with van der Waals surface area (Å²) in [5.41, 5.74) is 0.984. The van der Waals surface area contributed by atoms with Gasteiger partial charge in [0.2, 0.25) is 0 Å². The number of nitrogens with zero attached hydrogens (tertiary/aromatic N) is 1. The Morgan fingerprint density at radius 1 is 1.41 bits per heavy atom. The van der Waals surface area contributed by atoms with Crippen LogP contribution in [0.5, 0.6) is 0 Å². The number of rotatable bonds is 4. The summed E-state index contributed by atoms with van der Waals surface area (Å²) < 4.78 is 5.02. The van der Waals surface area contributed by atoms with Gasteiger partial charge in [-0.05, 0) is 17.7 Å². The lowest BCUT2D eigenvalue weighted by atomic mass is 10.2. The summed E-state index contributed by atoms with van der Waals surface area (Å²) in [7, 11) is 0. The SMILES string of the molecule is O=C(O)c1coc(SCc2ccc(Cl)cc2)n1. The second-order valence-corrected chi connectivity index (χ2v) is 4.58. The summed E-state index contributed by atoms with van der Waals surface area (Å²) in [5.74, 6) is -0.441. The maximum Gasteiger partial charge on any atom is 0.357 e. The largest absolute Gasteiger partial charge is 0.476 e. The zero-order valence-electron chi connectivity index (χ0n) is 8.59. The van der Waals surface area contributed by atoms with E-state index in [1.807, 2.05) is 12.1 Å². The average Bonchev–Trinajstić information content (AvgIpc) is 2.77. The van der Waals surface area contributed by atoms with Gasteiger partial charge < -0.3 is 9.52 Å². The minimum atomic E-state index is -1.09. The summed E-state index contributed by atoms with van der Waals surface area (Å²) in [4.78, 5) is 14.4. The van der Waals surface area contributed by atoms with Crippen LogP contribution in [0.15, 0.2) is 40.2 Å². The molecule has 0 spiro atoms. The maximum absolute atomic E-state index is 10.6. The molecule has 2 aromatic rings. The van der Waals surface area contributed by atoms with Crippen LogP contribution in [0.1, 0.15) is 16.1 Å². The van der Waals surface area contributed by atoms with Crippen LogP contribution in [0, 0.1) is 0 Å². The second-order valence-electron chi connectivity index (χ2n) is 3.22. The van der Waals surface area contributed by atoms with E-state index in [0.717, 1.165) is 11.8 Å². The number of benzene rings is 1. The minimum absolute atomic E-state index is 0.0800. The number of carboxylic acid groups (broad SMARTS) is 1. The van der Waals surface area contributed by atoms with Crippen molar-refractivity contribution in [3.63, 3.8) is 0 Å². The number of halogens is 1. The van der Waals surface area contributed by atoms with Crippen molar-refractivity contribution < 1.29 is 14.3 Å². The molecular weight excluding hydrogens is 262 g/mol. The molecule has 0 aliphatic rings. The molecule has 0 radical (unpaired) electrons. The maximum atomic E-state index is 10.6. The molecule has 1 aromatic heterocycles. The fourth-order valence-electron chi connectivity index (χ4n) is 1.15. The Morgan fingerprint density at radius 3 is 2.71 bits per heavy atom. The van der Waals surface area contributed by atoms with E-state index in [1.165, 1.54) is 11.8 Å². The van der Waals surface area contributed by atoms with Crippen molar-refractivity contribution >= 4 is 29.3 Å². The summed E-state index contributed by atoms with van der Waals surface area (Å²) in [6.07, 6.45) is 1.13. The van der Waals surface area contributed by atoms with E-state index < -0.39 is 5.97 Å². The van der Waals surface area contributed by atoms with Crippen LogP contribution < -0.4 is 0 Å². The van der Waals surface area contributed by atoms with Crippen molar-refractivity contribution in [2.75, 3.05) is 0 Å². The fraction of sp³-hybridized carbons (Fsp3) is 0.0909. The number of thioether (sulfide) groups is 1. The van der Waals surface area contributed by atoms with Crippen LogP contribution in [0.25, 0.3) is 0 Å². The Hall–Kier alpha value is -1.46. The Morgan fingerprint density at radius 2 is 2.12 bits per heavy atom. The van der Waals surface area contributed by atoms with Gasteiger partial charge in [0.1, 0.15) is 6.26 Å². The Kier molecular flexibility index (Phi) is 3.71. The first-order valence-electron chi connectivity index (χ1n) is 4.71. The second kappa shape index (κ2) is 5.25. The molecule has 1 N–H and O–H groups in total. The van der Waals surface area contributed by atoms with Gasteiger partial charge in [0.25, 0.3) is 5.22 Å². The van der Waals surface area contributed by atoms with E-state index in [4.69, 9.17) is 21.1 Å². The molecule has 0 saturated heterocycles. The zero-order valence-corrected chi connectivity index (χ0v) is 10.2. The van der Waals surface area contributed by atoms with Gasteiger partial charge in [-0.3, -0.25) is 0 Å². The van der Waals surface area contributed by atoms with E-state index in [-0.39, 0.29) is 5.69 Å². The third kappa shape index (κ3) is 3.25. The molecule has 0 unspecified atom stereocenters. The molecule has 1 heterocycles. The van der Waals surface area contributed by atoms with Crippen LogP contribution in [0.2, 0.25) is 5.02 Å². The van der Waals surface area contributed by atoms with Crippen molar-refractivity contribution in [3.05, 3.63) is 46.8 Å². The molecule has 0 saturated carbocycles. The standard InChI is InChI=1S/C11H8ClNO3S/c12-8-3-1-7(2-4-8)6-17-11-13-9(5-16-11)10(14)15/h1-5H,6H2,(H,14,15). The number of carbonyl (C=O) groups is 1. The molecule has 0 aliphatic heterocycles. The van der Waals surface area contributed by atoms with Crippen molar-refractivity contribution in [2.24, 2.45) is 0 Å². The highest BCUT2D eigenvalue weighted by Crippen LogP contribution is 2.22. The van der Waals surface area contributed by atoms with Crippen molar-refractivity contribution in [1.82, 2.24) is 4.98 Å². The monoisotopic (exact) mass is 269 g/mol. The predicted molar refractivity (Wildman–Crippen MR) is 64.5 cm³/mol. The van der Waals surface area contributed by atoms with Crippen LogP contribution in [0.3, 0.4) is 0 Å². The topological polar surface area (TPSA) is 63.3 Å². The first kappa shape index (κ1) is 12.0. The predicted octanol–water partition coefficient (Wildman–Crippen LogP) is 3.32. The van der Waals surface area contributed by atoms with Crippen LogP contribution in [-0.2, 0) is 5.75 Å². The Bertz CT molecular complexity index is 524. The number of aromatic carboxylic acids is 1. The van der Waals surface area contributed by atoms with Crippen LogP contribution in [0.4, 0.5) is 0 Å². The lowest BCUT2D eigenvalue weighted by Gasteiger charge is -1.98. The van der Waals surface area contributed by atoms with Gasteiger partial charge in [-0.2, -0.15) is 4.98 Å². The average molecular weight is 270 g/mol. The zero-order chi connectivity index (χ0) is 12.3. The van der Waals surface area contributed by atoms with Crippen molar-refractivity contribution in [1.29, 1.82) is 0 Å². The highest BCUT2D eigenvalue weighted by Gasteiger charge is 2.10. The van der Waals surface area contributed by atoms with E-state index in [2.05, 4.69) is 4.98 Å². The molecule has 0 atom stereocenters. The molecule has 0 amide bonds. The molecule has 1 aromatic carbocycles. The first-order valence-corrected chi connectivity index (χ1v) is 6.07. The van der Waals surface area contributed by atoms with Gasteiger partial charge in [-0.1, -0.05) is 35.5 Å². The number of hydrogen-bond acceptors (Lipinski definition) is 4. The number of carboxylic acids is 1. The van der Waals surface area contributed by atoms with Gasteiger partial charge in [0, 0.05) is 10.8 Å². The molecule has 2 rings (SSSR count). The van der Waals surface area contributed by atoms with Gasteiger partial charge in [0.15, 0.2) is 5.69 Å². The highest BCUT2D eigenvalue weighted by molar-refractivity contribution is 7.98. The molecule has 0 aliphatic carbocycles. The fourth-order valence-corrected chi connectivity index (χ4v) is 2.04. The van der Waals surface area contributed by atoms with Crippen LogP contribution >= 0.6 is 23.4 Å². The summed E-state index contributed by atoms with van der Waals surface area (Å²) in [5, 5.41) is 9.70. The summed E-state index contributed by atoms with van der Waals surface area (Å²) in [6, 6.07) is 7.40. The van der Waals surface area contributed by atoms with Crippen molar-refractivity contribution in [3.8, 4) is 0 Å². The van der Waals surface area contributed by atoms with Gasteiger partial charge in [-0.25, -0.2) is 4.79 Å². The van der Waals surface area contributed by atoms with Crippen LogP contribution in [-0.4, -0.2) is 16.1 Å². The minimum Gasteiger partial charge on any atom is -0.476 e. The molecule has 17 heavy (non-hydrogen) atoms. The van der Waals surface area contributed by atoms with Gasteiger partial charge in [0.05, 0.1) is 0 Å². The van der Waals surface area contributed by atoms with Gasteiger partial charge >= 0.3 is 5.97 Å². The Balaban J connectivity index is 1.97. The normalized spacial score (nSPS) is 10.4. The smallest absolute Gasteiger partial charge is 0.357 e. The van der Waals surface area contributed by atoms with E-state index >= 15 is 0 Å². The van der Waals surface area contributed by atoms with Crippen molar-refractivity contribution in [2.45, 2.75) is 11.0 Å². The molecule has 6 heteroatoms. The van der Waals surface area contributed by atoms with E-state index in [0.29, 0.717) is 16.0 Å². The Labute approximate surface area is 107 Å². The quantitative estimate of drug-likeness (QED) is 0.863. The lowest BCUT2D eigenvalue weighted by molar-refractivity contribution is 0.0690. The number of oxazole rings is 1. The summed E-state index contributed by atoms with van der Waals surface area (Å²) >= 11 is 7.10. The lowest BCUT2D eigenvalue weighted by Crippen LogP contribution is -1.95. The number of hydrogen-bond donors (Lipinski definition) is 1. The van der Waals surface area contributed by atoms with E-state index in [9.17, 15) is 4.79 Å². The molecule has 0 fully saturated rings. The first-order chi connectivity index (χ1) is 8.15. The third-order valence-corrected chi connectivity index (χ3v) is 3.14. The highest BCUT2D eigenvalue weighted by atomic mass is 35.5. The van der Waals surface area contributed by atoms with Gasteiger partial charge in [-0.15, -0.1) is 0 Å². The molecular formula is C11H8ClNO3S. The summed E-state index contributed by atoms with van der Waals surface area (Å²) in [6.45, 7) is 0.